The minimum absolute atomic E-state index is 0.0396. The molecule has 0 fully saturated rings. The smallest absolute Gasteiger partial charge is 0.333 e. The van der Waals surface area contributed by atoms with Gasteiger partial charge in [0.1, 0.15) is 0 Å². The van der Waals surface area contributed by atoms with Crippen molar-refractivity contribution in [2.24, 2.45) is 0 Å². The number of allylic oxidation sites excluding steroid dienone is 1. The zero-order chi connectivity index (χ0) is 11.4. The maximum absolute atomic E-state index is 10.8. The van der Waals surface area contributed by atoms with Gasteiger partial charge in [0, 0.05) is 11.2 Å². The molecule has 0 atom stereocenters. The minimum Gasteiger partial charge on any atom is -0.478 e. The summed E-state index contributed by atoms with van der Waals surface area (Å²) in [4.78, 5) is 10.8. The summed E-state index contributed by atoms with van der Waals surface area (Å²) in [7, 11) is 0. The molecule has 0 amide bonds. The normalized spacial score (nSPS) is 13.5. The van der Waals surface area contributed by atoms with Gasteiger partial charge in [-0.05, 0) is 33.6 Å². The number of hydrogen-bond acceptors (Lipinski definition) is 2. The highest BCUT2D eigenvalue weighted by atomic mass is 16.4. The van der Waals surface area contributed by atoms with Crippen molar-refractivity contribution in [1.82, 2.24) is 5.32 Å². The molecule has 2 N–H and O–H groups in total. The lowest BCUT2D eigenvalue weighted by molar-refractivity contribution is -0.132. The zero-order valence-electron chi connectivity index (χ0n) is 9.77. The molecular weight excluding hydrogens is 178 g/mol. The average Bonchev–Trinajstić information content (AvgIpc) is 2.13. The molecule has 0 heterocycles. The van der Waals surface area contributed by atoms with Crippen LogP contribution >= 0.6 is 0 Å². The summed E-state index contributed by atoms with van der Waals surface area (Å²) in [6.07, 6.45) is 1.69. The first-order chi connectivity index (χ1) is 6.34. The highest BCUT2D eigenvalue weighted by Gasteiger charge is 2.17. The molecule has 3 nitrogen and oxygen atoms in total. The molecular formula is C11H21NO2. The van der Waals surface area contributed by atoms with Crippen LogP contribution in [0.3, 0.4) is 0 Å². The van der Waals surface area contributed by atoms with Gasteiger partial charge in [0.2, 0.25) is 0 Å². The van der Waals surface area contributed by atoms with E-state index in [1.54, 1.807) is 6.92 Å². The standard InChI is InChI=1S/C11H21NO2/c1-6-9(8(3)10(13)14)12-11(4,5)7-2/h12H,6-7H2,1-5H3,(H,13,14)/b9-8+. The molecule has 0 saturated heterocycles. The van der Waals surface area contributed by atoms with Crippen LogP contribution in [-0.4, -0.2) is 16.6 Å². The monoisotopic (exact) mass is 199 g/mol. The largest absolute Gasteiger partial charge is 0.478 e. The Hall–Kier alpha value is -0.990. The fourth-order valence-electron chi connectivity index (χ4n) is 1.07. The molecule has 0 aromatic heterocycles. The number of carbonyl (C=O) groups is 1. The lowest BCUT2D eigenvalue weighted by Gasteiger charge is -2.28. The molecule has 0 aliphatic rings. The van der Waals surface area contributed by atoms with Crippen molar-refractivity contribution in [3.05, 3.63) is 11.3 Å². The van der Waals surface area contributed by atoms with Crippen LogP contribution < -0.4 is 5.32 Å². The van der Waals surface area contributed by atoms with Crippen molar-refractivity contribution >= 4 is 5.97 Å². The summed E-state index contributed by atoms with van der Waals surface area (Å²) < 4.78 is 0. The predicted molar refractivity (Wildman–Crippen MR) is 58.1 cm³/mol. The summed E-state index contributed by atoms with van der Waals surface area (Å²) in [6, 6.07) is 0. The van der Waals surface area contributed by atoms with Gasteiger partial charge in [0.25, 0.3) is 0 Å². The van der Waals surface area contributed by atoms with Crippen molar-refractivity contribution in [3.63, 3.8) is 0 Å². The van der Waals surface area contributed by atoms with Gasteiger partial charge in [-0.1, -0.05) is 13.8 Å². The van der Waals surface area contributed by atoms with Crippen LogP contribution in [0, 0.1) is 0 Å². The highest BCUT2D eigenvalue weighted by molar-refractivity contribution is 5.86. The summed E-state index contributed by atoms with van der Waals surface area (Å²) in [5.41, 5.74) is 1.19. The Bertz CT molecular complexity index is 242. The van der Waals surface area contributed by atoms with E-state index >= 15 is 0 Å². The van der Waals surface area contributed by atoms with E-state index in [2.05, 4.69) is 26.1 Å². The van der Waals surface area contributed by atoms with Gasteiger partial charge in [-0.15, -0.1) is 0 Å². The van der Waals surface area contributed by atoms with Crippen LogP contribution in [0.2, 0.25) is 0 Å². The van der Waals surface area contributed by atoms with Gasteiger partial charge >= 0.3 is 5.97 Å². The highest BCUT2D eigenvalue weighted by Crippen LogP contribution is 2.14. The lowest BCUT2D eigenvalue weighted by atomic mass is 10.0. The first-order valence-electron chi connectivity index (χ1n) is 5.05. The molecule has 0 radical (unpaired) electrons. The number of nitrogens with one attached hydrogen (secondary N) is 1. The van der Waals surface area contributed by atoms with E-state index in [9.17, 15) is 4.79 Å². The van der Waals surface area contributed by atoms with Crippen molar-refractivity contribution in [3.8, 4) is 0 Å². The summed E-state index contributed by atoms with van der Waals surface area (Å²) in [5.74, 6) is -0.846. The van der Waals surface area contributed by atoms with E-state index in [0.717, 1.165) is 18.5 Å². The van der Waals surface area contributed by atoms with Crippen LogP contribution in [0.25, 0.3) is 0 Å². The Morgan fingerprint density at radius 3 is 2.14 bits per heavy atom. The molecule has 0 rings (SSSR count). The van der Waals surface area contributed by atoms with Crippen LogP contribution in [0.15, 0.2) is 11.3 Å². The second-order valence-electron chi connectivity index (χ2n) is 4.12. The molecule has 3 heteroatoms. The third-order valence-electron chi connectivity index (χ3n) is 2.50. The topological polar surface area (TPSA) is 49.3 Å². The Kier molecular flexibility index (Phi) is 4.68. The summed E-state index contributed by atoms with van der Waals surface area (Å²) >= 11 is 0. The molecule has 14 heavy (non-hydrogen) atoms. The van der Waals surface area contributed by atoms with E-state index in [0.29, 0.717) is 5.57 Å². The van der Waals surface area contributed by atoms with E-state index in [1.807, 2.05) is 6.92 Å². The number of carboxylic acids is 1. The average molecular weight is 199 g/mol. The van der Waals surface area contributed by atoms with Crippen LogP contribution in [0.1, 0.15) is 47.5 Å². The Labute approximate surface area is 86.2 Å². The summed E-state index contributed by atoms with van der Waals surface area (Å²) in [5, 5.41) is 12.1. The van der Waals surface area contributed by atoms with Crippen molar-refractivity contribution in [1.29, 1.82) is 0 Å². The molecule has 0 saturated carbocycles. The van der Waals surface area contributed by atoms with Gasteiger partial charge in [-0.2, -0.15) is 0 Å². The Balaban J connectivity index is 4.76. The van der Waals surface area contributed by atoms with Crippen molar-refractivity contribution < 1.29 is 9.90 Å². The van der Waals surface area contributed by atoms with E-state index in [4.69, 9.17) is 5.11 Å². The van der Waals surface area contributed by atoms with Crippen LogP contribution in [0.5, 0.6) is 0 Å². The predicted octanol–water partition coefficient (Wildman–Crippen LogP) is 2.53. The van der Waals surface area contributed by atoms with E-state index < -0.39 is 5.97 Å². The van der Waals surface area contributed by atoms with Crippen LogP contribution in [-0.2, 0) is 4.79 Å². The summed E-state index contributed by atoms with van der Waals surface area (Å²) in [6.45, 7) is 9.81. The van der Waals surface area contributed by atoms with Gasteiger partial charge < -0.3 is 10.4 Å². The Morgan fingerprint density at radius 1 is 1.36 bits per heavy atom. The van der Waals surface area contributed by atoms with Crippen LogP contribution in [0.4, 0.5) is 0 Å². The van der Waals surface area contributed by atoms with Crippen molar-refractivity contribution in [2.75, 3.05) is 0 Å². The molecule has 0 aliphatic carbocycles. The number of hydrogen-bond donors (Lipinski definition) is 2. The van der Waals surface area contributed by atoms with Gasteiger partial charge in [-0.25, -0.2) is 4.79 Å². The molecule has 0 spiro atoms. The molecule has 0 aliphatic heterocycles. The Morgan fingerprint density at radius 2 is 1.86 bits per heavy atom. The second kappa shape index (κ2) is 5.03. The van der Waals surface area contributed by atoms with E-state index in [-0.39, 0.29) is 5.54 Å². The molecule has 0 unspecified atom stereocenters. The third kappa shape index (κ3) is 3.81. The first kappa shape index (κ1) is 13.0. The molecule has 0 aromatic rings. The molecule has 0 aromatic carbocycles. The SMILES string of the molecule is CC/C(NC(C)(C)CC)=C(/C)C(=O)O. The van der Waals surface area contributed by atoms with Gasteiger partial charge in [0.05, 0.1) is 5.57 Å². The quantitative estimate of drug-likeness (QED) is 0.669. The van der Waals surface area contributed by atoms with Gasteiger partial charge in [0.15, 0.2) is 0 Å². The molecule has 0 bridgehead atoms. The van der Waals surface area contributed by atoms with Gasteiger partial charge in [-0.3, -0.25) is 0 Å². The first-order valence-corrected chi connectivity index (χ1v) is 5.05. The minimum atomic E-state index is -0.846. The second-order valence-corrected chi connectivity index (χ2v) is 4.12. The number of carboxylic acid groups (broad SMARTS) is 1. The number of rotatable bonds is 5. The fourth-order valence-corrected chi connectivity index (χ4v) is 1.07. The molecule has 82 valence electrons. The maximum Gasteiger partial charge on any atom is 0.333 e. The van der Waals surface area contributed by atoms with Crippen molar-refractivity contribution in [2.45, 2.75) is 53.0 Å². The maximum atomic E-state index is 10.8. The fraction of sp³-hybridized carbons (Fsp3) is 0.727. The zero-order valence-corrected chi connectivity index (χ0v) is 9.77. The number of aliphatic carboxylic acids is 1. The third-order valence-corrected chi connectivity index (χ3v) is 2.50. The van der Waals surface area contributed by atoms with E-state index in [1.165, 1.54) is 0 Å². The lowest BCUT2D eigenvalue weighted by Crippen LogP contribution is -2.38.